The Morgan fingerprint density at radius 2 is 2.00 bits per heavy atom. The second kappa shape index (κ2) is 6.08. The predicted molar refractivity (Wildman–Crippen MR) is 99.8 cm³/mol. The van der Waals surface area contributed by atoms with Crippen LogP contribution in [-0.4, -0.2) is 10.7 Å². The third-order valence-electron chi connectivity index (χ3n) is 5.25. The largest absolute Gasteiger partial charge is 0.432 e. The third-order valence-corrected chi connectivity index (χ3v) is 5.55. The molecule has 0 saturated heterocycles. The van der Waals surface area contributed by atoms with E-state index in [1.54, 1.807) is 6.07 Å². The van der Waals surface area contributed by atoms with Gasteiger partial charge in [0.05, 0.1) is 23.2 Å². The molecule has 1 unspecified atom stereocenters. The molecular weight excluding hydrogens is 370 g/mol. The lowest BCUT2D eigenvalue weighted by atomic mass is 9.97. The quantitative estimate of drug-likeness (QED) is 0.619. The molecule has 6 heteroatoms. The van der Waals surface area contributed by atoms with E-state index in [1.165, 1.54) is 0 Å². The molecule has 2 aliphatic rings. The molecule has 3 heterocycles. The number of aromatic nitrogens is 1. The molecule has 0 fully saturated rings. The Morgan fingerprint density at radius 3 is 2.89 bits per heavy atom. The summed E-state index contributed by atoms with van der Waals surface area (Å²) in [4.78, 5) is 0. The van der Waals surface area contributed by atoms with Gasteiger partial charge in [0.1, 0.15) is 5.75 Å². The number of rotatable bonds is 1. The van der Waals surface area contributed by atoms with Gasteiger partial charge in [0.2, 0.25) is 0 Å². The molecule has 3 aromatic rings. The first kappa shape index (κ1) is 16.8. The summed E-state index contributed by atoms with van der Waals surface area (Å²) in [5, 5.41) is 4.28. The second-order valence-electron chi connectivity index (χ2n) is 6.97. The van der Waals surface area contributed by atoms with Crippen LogP contribution in [0.2, 0.25) is 5.02 Å². The SMILES string of the molecule is FC1(F)CCc2cc(C3NCc4cccc(Cl)c4-n4cccc43)ccc2O1. The predicted octanol–water partition coefficient (Wildman–Crippen LogP) is 5.24. The number of para-hydroxylation sites is 1. The van der Waals surface area contributed by atoms with E-state index in [-0.39, 0.29) is 18.2 Å². The second-order valence-corrected chi connectivity index (χ2v) is 7.38. The minimum absolute atomic E-state index is 0.0730. The molecule has 0 amide bonds. The van der Waals surface area contributed by atoms with E-state index >= 15 is 0 Å². The highest BCUT2D eigenvalue weighted by atomic mass is 35.5. The van der Waals surface area contributed by atoms with Gasteiger partial charge in [0.15, 0.2) is 0 Å². The highest BCUT2D eigenvalue weighted by Crippen LogP contribution is 2.39. The van der Waals surface area contributed by atoms with Gasteiger partial charge >= 0.3 is 6.11 Å². The van der Waals surface area contributed by atoms with Crippen LogP contribution in [0.4, 0.5) is 8.78 Å². The average molecular weight is 387 g/mol. The summed E-state index contributed by atoms with van der Waals surface area (Å²) in [5.41, 5.74) is 4.99. The van der Waals surface area contributed by atoms with Crippen molar-refractivity contribution < 1.29 is 13.5 Å². The zero-order chi connectivity index (χ0) is 18.6. The number of ether oxygens (including phenoxy) is 1. The zero-order valence-corrected chi connectivity index (χ0v) is 15.1. The zero-order valence-electron chi connectivity index (χ0n) is 14.4. The number of hydrogen-bond acceptors (Lipinski definition) is 2. The molecular formula is C21H17ClF2N2O. The first-order valence-corrected chi connectivity index (χ1v) is 9.28. The van der Waals surface area contributed by atoms with Gasteiger partial charge in [-0.1, -0.05) is 35.9 Å². The Hall–Kier alpha value is -2.37. The van der Waals surface area contributed by atoms with Gasteiger partial charge in [-0.2, -0.15) is 8.78 Å². The summed E-state index contributed by atoms with van der Waals surface area (Å²) in [7, 11) is 0. The van der Waals surface area contributed by atoms with Crippen LogP contribution in [0.3, 0.4) is 0 Å². The Kier molecular flexibility index (Phi) is 3.78. The maximum absolute atomic E-state index is 13.5. The molecule has 0 saturated carbocycles. The van der Waals surface area contributed by atoms with Gasteiger partial charge in [-0.15, -0.1) is 0 Å². The number of benzene rings is 2. The van der Waals surface area contributed by atoms with Crippen LogP contribution in [-0.2, 0) is 13.0 Å². The number of nitrogens with one attached hydrogen (secondary N) is 1. The van der Waals surface area contributed by atoms with E-state index in [4.69, 9.17) is 16.3 Å². The van der Waals surface area contributed by atoms with Crippen molar-refractivity contribution in [2.75, 3.05) is 0 Å². The highest BCUT2D eigenvalue weighted by molar-refractivity contribution is 6.32. The normalized spacial score (nSPS) is 20.0. The maximum Gasteiger partial charge on any atom is 0.398 e. The number of hydrogen-bond donors (Lipinski definition) is 1. The molecule has 5 rings (SSSR count). The maximum atomic E-state index is 13.5. The van der Waals surface area contributed by atoms with Gasteiger partial charge in [0.25, 0.3) is 0 Å². The van der Waals surface area contributed by atoms with Gasteiger partial charge in [-0.3, -0.25) is 0 Å². The number of aryl methyl sites for hydroxylation is 1. The monoisotopic (exact) mass is 386 g/mol. The van der Waals surface area contributed by atoms with Crippen molar-refractivity contribution in [1.29, 1.82) is 0 Å². The first-order chi connectivity index (χ1) is 13.0. The van der Waals surface area contributed by atoms with E-state index in [2.05, 4.69) is 22.0 Å². The van der Waals surface area contributed by atoms with Gasteiger partial charge in [-0.05, 0) is 47.4 Å². The smallest absolute Gasteiger partial charge is 0.398 e. The molecule has 0 spiro atoms. The van der Waals surface area contributed by atoms with Crippen molar-refractivity contribution in [2.24, 2.45) is 0 Å². The fraction of sp³-hybridized carbons (Fsp3) is 0.238. The first-order valence-electron chi connectivity index (χ1n) is 8.90. The highest BCUT2D eigenvalue weighted by Gasteiger charge is 2.36. The Bertz CT molecular complexity index is 1030. The van der Waals surface area contributed by atoms with Gasteiger partial charge in [-0.25, -0.2) is 0 Å². The minimum atomic E-state index is -3.08. The molecule has 2 aromatic carbocycles. The molecule has 2 aliphatic heterocycles. The van der Waals surface area contributed by atoms with Crippen molar-refractivity contribution in [3.63, 3.8) is 0 Å². The third kappa shape index (κ3) is 2.82. The Balaban J connectivity index is 1.58. The van der Waals surface area contributed by atoms with E-state index in [9.17, 15) is 8.78 Å². The fourth-order valence-electron chi connectivity index (χ4n) is 3.98. The van der Waals surface area contributed by atoms with Gasteiger partial charge in [0, 0.05) is 18.4 Å². The Labute approximate surface area is 160 Å². The van der Waals surface area contributed by atoms with E-state index < -0.39 is 6.11 Å². The molecule has 1 N–H and O–H groups in total. The number of alkyl halides is 2. The number of fused-ring (bicyclic) bond motifs is 4. The van der Waals surface area contributed by atoms with Crippen molar-refractivity contribution >= 4 is 11.6 Å². The molecule has 138 valence electrons. The average Bonchev–Trinajstić information content (AvgIpc) is 3.04. The van der Waals surface area contributed by atoms with Crippen molar-refractivity contribution in [3.8, 4) is 11.4 Å². The summed E-state index contributed by atoms with van der Waals surface area (Å²) in [6, 6.07) is 15.3. The van der Waals surface area contributed by atoms with E-state index in [0.29, 0.717) is 18.0 Å². The molecule has 27 heavy (non-hydrogen) atoms. The van der Waals surface area contributed by atoms with Crippen molar-refractivity contribution in [1.82, 2.24) is 9.88 Å². The van der Waals surface area contributed by atoms with Crippen molar-refractivity contribution in [2.45, 2.75) is 31.5 Å². The van der Waals surface area contributed by atoms with Crippen LogP contribution in [0, 0.1) is 0 Å². The molecule has 0 aliphatic carbocycles. The fourth-order valence-corrected chi connectivity index (χ4v) is 4.26. The van der Waals surface area contributed by atoms with Gasteiger partial charge < -0.3 is 14.6 Å². The summed E-state index contributed by atoms with van der Waals surface area (Å²) >= 11 is 6.48. The van der Waals surface area contributed by atoms with Crippen LogP contribution < -0.4 is 10.1 Å². The van der Waals surface area contributed by atoms with Crippen LogP contribution in [0.5, 0.6) is 5.75 Å². The lowest BCUT2D eigenvalue weighted by molar-refractivity contribution is -0.187. The number of halogens is 3. The topological polar surface area (TPSA) is 26.2 Å². The van der Waals surface area contributed by atoms with Crippen LogP contribution in [0.25, 0.3) is 5.69 Å². The van der Waals surface area contributed by atoms with Crippen LogP contribution in [0.15, 0.2) is 54.7 Å². The lowest BCUT2D eigenvalue weighted by Crippen LogP contribution is -2.30. The van der Waals surface area contributed by atoms with E-state index in [0.717, 1.165) is 28.1 Å². The summed E-state index contributed by atoms with van der Waals surface area (Å²) in [6.45, 7) is 0.661. The summed E-state index contributed by atoms with van der Waals surface area (Å²) in [6.07, 6.45) is -1.07. The number of nitrogens with zero attached hydrogens (tertiary/aromatic N) is 1. The molecule has 3 nitrogen and oxygen atoms in total. The van der Waals surface area contributed by atoms with E-state index in [1.807, 2.05) is 36.5 Å². The lowest BCUT2D eigenvalue weighted by Gasteiger charge is -2.27. The molecule has 1 aromatic heterocycles. The minimum Gasteiger partial charge on any atom is -0.432 e. The van der Waals surface area contributed by atoms with Crippen LogP contribution in [0.1, 0.15) is 34.8 Å². The molecule has 1 atom stereocenters. The summed E-state index contributed by atoms with van der Waals surface area (Å²) < 4.78 is 33.9. The summed E-state index contributed by atoms with van der Waals surface area (Å²) in [5.74, 6) is 0.269. The standard InChI is InChI=1S/C21H17ClF2N2O/c22-16-4-1-3-15-12-25-19(17-5-2-10-26(17)20(15)16)14-6-7-18-13(11-14)8-9-21(23,24)27-18/h1-7,10-11,19,25H,8-9,12H2. The molecule has 0 radical (unpaired) electrons. The van der Waals surface area contributed by atoms with Crippen LogP contribution >= 0.6 is 11.6 Å². The molecule has 0 bridgehead atoms. The van der Waals surface area contributed by atoms with Crippen molar-refractivity contribution in [3.05, 3.63) is 82.1 Å². The Morgan fingerprint density at radius 1 is 1.11 bits per heavy atom.